The van der Waals surface area contributed by atoms with Gasteiger partial charge in [0.1, 0.15) is 0 Å². The zero-order chi connectivity index (χ0) is 24.7. The number of ether oxygens (including phenoxy) is 2. The molecule has 3 aliphatic heterocycles. The highest BCUT2D eigenvalue weighted by atomic mass is 16.5. The number of hydrazone groups is 1. The van der Waals surface area contributed by atoms with Crippen LogP contribution in [0.5, 0.6) is 11.5 Å². The predicted octanol–water partition coefficient (Wildman–Crippen LogP) is 3.04. The van der Waals surface area contributed by atoms with Crippen molar-refractivity contribution in [3.63, 3.8) is 0 Å². The van der Waals surface area contributed by atoms with Crippen LogP contribution in [0.25, 0.3) is 0 Å². The van der Waals surface area contributed by atoms with Gasteiger partial charge in [-0.3, -0.25) is 0 Å². The Morgan fingerprint density at radius 1 is 1.00 bits per heavy atom. The van der Waals surface area contributed by atoms with Gasteiger partial charge >= 0.3 is 6.03 Å². The van der Waals surface area contributed by atoms with E-state index in [-0.39, 0.29) is 12.1 Å². The summed E-state index contributed by atoms with van der Waals surface area (Å²) in [7, 11) is 7.12. The highest BCUT2D eigenvalue weighted by Crippen LogP contribution is 2.36. The van der Waals surface area contributed by atoms with Crippen LogP contribution in [0, 0.1) is 11.8 Å². The number of urea groups is 1. The normalized spacial score (nSPS) is 23.9. The smallest absolute Gasteiger partial charge is 0.337 e. The van der Waals surface area contributed by atoms with Gasteiger partial charge in [0.25, 0.3) is 0 Å². The van der Waals surface area contributed by atoms with Gasteiger partial charge in [-0.05, 0) is 62.1 Å². The van der Waals surface area contributed by atoms with Crippen LogP contribution in [0.3, 0.4) is 0 Å². The van der Waals surface area contributed by atoms with E-state index < -0.39 is 0 Å². The number of benzene rings is 2. The first-order valence-electron chi connectivity index (χ1n) is 12.3. The number of fused-ring (bicyclic) bond motifs is 2. The Hall–Kier alpha value is -3.26. The van der Waals surface area contributed by atoms with Crippen LogP contribution in [0.15, 0.2) is 41.5 Å². The van der Waals surface area contributed by atoms with Crippen molar-refractivity contribution in [3.05, 3.63) is 53.1 Å². The van der Waals surface area contributed by atoms with E-state index in [1.807, 2.05) is 19.1 Å². The second-order valence-electron chi connectivity index (χ2n) is 9.96. The highest BCUT2D eigenvalue weighted by molar-refractivity contribution is 6.14. The third kappa shape index (κ3) is 4.31. The molecule has 3 unspecified atom stereocenters. The van der Waals surface area contributed by atoms with E-state index in [4.69, 9.17) is 14.6 Å². The fourth-order valence-corrected chi connectivity index (χ4v) is 5.82. The Bertz CT molecular complexity index is 1120. The summed E-state index contributed by atoms with van der Waals surface area (Å²) in [6.45, 7) is 6.60. The number of hydrogen-bond donors (Lipinski definition) is 1. The van der Waals surface area contributed by atoms with Crippen LogP contribution in [0.2, 0.25) is 0 Å². The van der Waals surface area contributed by atoms with Gasteiger partial charge in [0.2, 0.25) is 0 Å². The van der Waals surface area contributed by atoms with Gasteiger partial charge in [-0.15, -0.1) is 0 Å². The lowest BCUT2D eigenvalue weighted by atomic mass is 9.94. The number of nitrogens with one attached hydrogen (secondary N) is 1. The molecule has 3 aliphatic rings. The summed E-state index contributed by atoms with van der Waals surface area (Å²) < 4.78 is 11.2. The zero-order valence-electron chi connectivity index (χ0n) is 21.2. The molecule has 3 atom stereocenters. The van der Waals surface area contributed by atoms with Crippen molar-refractivity contribution in [1.29, 1.82) is 0 Å². The largest absolute Gasteiger partial charge is 0.493 e. The molecule has 2 aromatic rings. The monoisotopic (exact) mass is 477 g/mol. The summed E-state index contributed by atoms with van der Waals surface area (Å²) >= 11 is 0. The molecule has 5 rings (SSSR count). The second-order valence-corrected chi connectivity index (χ2v) is 9.96. The molecule has 8 heteroatoms. The van der Waals surface area contributed by atoms with Crippen molar-refractivity contribution in [2.75, 3.05) is 59.4 Å². The SMILES string of the molecule is CNC(=O)N1N=C(c2ccc(N3CC4CN(C)CC4C3)cc2)c2cc(OC)c(OC)cc2CC1C. The van der Waals surface area contributed by atoms with Gasteiger partial charge in [-0.2, -0.15) is 5.10 Å². The molecule has 0 radical (unpaired) electrons. The average Bonchev–Trinajstić information content (AvgIpc) is 3.37. The predicted molar refractivity (Wildman–Crippen MR) is 138 cm³/mol. The number of amides is 2. The summed E-state index contributed by atoms with van der Waals surface area (Å²) in [5, 5.41) is 9.14. The number of rotatable bonds is 4. The van der Waals surface area contributed by atoms with Gasteiger partial charge in [-0.1, -0.05) is 12.1 Å². The third-order valence-electron chi connectivity index (χ3n) is 7.60. The maximum atomic E-state index is 12.7. The molecule has 0 aliphatic carbocycles. The van der Waals surface area contributed by atoms with Crippen LogP contribution in [0.4, 0.5) is 10.5 Å². The minimum atomic E-state index is -0.230. The molecule has 0 saturated carbocycles. The number of anilines is 1. The van der Waals surface area contributed by atoms with Crippen molar-refractivity contribution in [1.82, 2.24) is 15.2 Å². The van der Waals surface area contributed by atoms with Crippen LogP contribution >= 0.6 is 0 Å². The van der Waals surface area contributed by atoms with E-state index in [0.717, 1.165) is 47.3 Å². The second kappa shape index (κ2) is 9.41. The van der Waals surface area contributed by atoms with Crippen LogP contribution in [-0.4, -0.2) is 82.2 Å². The lowest BCUT2D eigenvalue weighted by Gasteiger charge is -2.23. The molecule has 35 heavy (non-hydrogen) atoms. The standard InChI is InChI=1S/C27H35N5O3/c1-17-10-19-11-24(34-4)25(35-5)12-23(19)26(29-32(17)27(33)28-2)18-6-8-22(9-7-18)31-15-20-13-30(3)14-21(20)16-31/h6-9,11-12,17,20-21H,10,13-16H2,1-5H3,(H,28,33). The molecule has 1 N–H and O–H groups in total. The summed E-state index contributed by atoms with van der Waals surface area (Å²) in [5.74, 6) is 2.82. The number of nitrogens with zero attached hydrogens (tertiary/aromatic N) is 4. The Labute approximate surface area is 207 Å². The number of carbonyl (C=O) groups is 1. The molecular formula is C27H35N5O3. The highest BCUT2D eigenvalue weighted by Gasteiger charge is 2.38. The molecule has 0 spiro atoms. The minimum absolute atomic E-state index is 0.120. The van der Waals surface area contributed by atoms with Crippen molar-refractivity contribution in [2.24, 2.45) is 16.9 Å². The topological polar surface area (TPSA) is 69.6 Å². The van der Waals surface area contributed by atoms with Gasteiger partial charge < -0.3 is 24.6 Å². The first kappa shape index (κ1) is 23.5. The average molecular weight is 478 g/mol. The van der Waals surface area contributed by atoms with E-state index >= 15 is 0 Å². The van der Waals surface area contributed by atoms with E-state index in [1.165, 1.54) is 18.8 Å². The Balaban J connectivity index is 1.51. The van der Waals surface area contributed by atoms with Crippen LogP contribution < -0.4 is 19.7 Å². The molecule has 2 saturated heterocycles. The number of carbonyl (C=O) groups excluding carboxylic acids is 1. The number of likely N-dealkylation sites (tertiary alicyclic amines) is 1. The number of methoxy groups -OCH3 is 2. The molecule has 186 valence electrons. The lowest BCUT2D eigenvalue weighted by molar-refractivity contribution is 0.184. The Morgan fingerprint density at radius 2 is 1.63 bits per heavy atom. The number of hydrogen-bond acceptors (Lipinski definition) is 6. The summed E-state index contributed by atoms with van der Waals surface area (Å²) in [6.07, 6.45) is 0.652. The van der Waals surface area contributed by atoms with E-state index in [1.54, 1.807) is 26.3 Å². The van der Waals surface area contributed by atoms with E-state index in [9.17, 15) is 4.79 Å². The van der Waals surface area contributed by atoms with Gasteiger partial charge in [0, 0.05) is 50.0 Å². The lowest BCUT2D eigenvalue weighted by Crippen LogP contribution is -2.41. The van der Waals surface area contributed by atoms with Crippen molar-refractivity contribution >= 4 is 17.4 Å². The molecule has 0 aromatic heterocycles. The van der Waals surface area contributed by atoms with Crippen LogP contribution in [-0.2, 0) is 6.42 Å². The molecule has 0 bridgehead atoms. The van der Waals surface area contributed by atoms with Gasteiger partial charge in [-0.25, -0.2) is 9.80 Å². The maximum Gasteiger partial charge on any atom is 0.337 e. The quantitative estimate of drug-likeness (QED) is 0.733. The van der Waals surface area contributed by atoms with Gasteiger partial charge in [0.05, 0.1) is 26.0 Å². The first-order valence-corrected chi connectivity index (χ1v) is 12.3. The molecule has 2 amide bonds. The fourth-order valence-electron chi connectivity index (χ4n) is 5.82. The van der Waals surface area contributed by atoms with Crippen molar-refractivity contribution in [3.8, 4) is 11.5 Å². The summed E-state index contributed by atoms with van der Waals surface area (Å²) in [5.41, 5.74) is 4.97. The van der Waals surface area contributed by atoms with Crippen molar-refractivity contribution in [2.45, 2.75) is 19.4 Å². The van der Waals surface area contributed by atoms with Crippen LogP contribution in [0.1, 0.15) is 23.6 Å². The maximum absolute atomic E-state index is 12.7. The molecular weight excluding hydrogens is 442 g/mol. The van der Waals surface area contributed by atoms with E-state index in [0.29, 0.717) is 17.9 Å². The molecule has 8 nitrogen and oxygen atoms in total. The first-order chi connectivity index (χ1) is 16.9. The summed E-state index contributed by atoms with van der Waals surface area (Å²) in [4.78, 5) is 17.6. The fraction of sp³-hybridized carbons (Fsp3) is 0.481. The van der Waals surface area contributed by atoms with E-state index in [2.05, 4.69) is 46.4 Å². The third-order valence-corrected chi connectivity index (χ3v) is 7.60. The Morgan fingerprint density at radius 3 is 2.23 bits per heavy atom. The van der Waals surface area contributed by atoms with Gasteiger partial charge in [0.15, 0.2) is 11.5 Å². The summed E-state index contributed by atoms with van der Waals surface area (Å²) in [6, 6.07) is 12.2. The molecule has 2 aromatic carbocycles. The minimum Gasteiger partial charge on any atom is -0.493 e. The molecule has 2 fully saturated rings. The Kier molecular flexibility index (Phi) is 6.32. The molecule has 3 heterocycles. The zero-order valence-corrected chi connectivity index (χ0v) is 21.2. The van der Waals surface area contributed by atoms with Crippen molar-refractivity contribution < 1.29 is 14.3 Å².